The molecule has 1 aliphatic rings. The van der Waals surface area contributed by atoms with Gasteiger partial charge in [-0.1, -0.05) is 24.3 Å². The lowest BCUT2D eigenvalue weighted by atomic mass is 9.91. The van der Waals surface area contributed by atoms with Crippen molar-refractivity contribution in [3.8, 4) is 0 Å². The molecule has 17 heavy (non-hydrogen) atoms. The third-order valence-electron chi connectivity index (χ3n) is 3.78. The van der Waals surface area contributed by atoms with Gasteiger partial charge in [0.05, 0.1) is 6.10 Å². The molecule has 2 aromatic rings. The molecule has 2 heteroatoms. The van der Waals surface area contributed by atoms with Crippen molar-refractivity contribution in [3.63, 3.8) is 0 Å². The zero-order chi connectivity index (χ0) is 11.8. The quantitative estimate of drug-likeness (QED) is 0.851. The van der Waals surface area contributed by atoms with Crippen LogP contribution in [0, 0.1) is 6.92 Å². The van der Waals surface area contributed by atoms with E-state index in [0.29, 0.717) is 0 Å². The van der Waals surface area contributed by atoms with Gasteiger partial charge in [-0.3, -0.25) is 0 Å². The molecule has 1 heterocycles. The lowest BCUT2D eigenvalue weighted by molar-refractivity contribution is 0.144. The molecule has 2 atom stereocenters. The molecule has 1 nitrogen and oxygen atoms in total. The van der Waals surface area contributed by atoms with Gasteiger partial charge in [-0.05, 0) is 47.9 Å². The predicted octanol–water partition coefficient (Wildman–Crippen LogP) is 3.82. The minimum absolute atomic E-state index is 0.277. The van der Waals surface area contributed by atoms with Crippen molar-refractivity contribution in [2.75, 3.05) is 0 Å². The van der Waals surface area contributed by atoms with E-state index in [9.17, 15) is 5.11 Å². The number of hydrogen-bond acceptors (Lipinski definition) is 2. The second-order valence-electron chi connectivity index (χ2n) is 4.72. The van der Waals surface area contributed by atoms with E-state index in [1.54, 1.807) is 11.3 Å². The van der Waals surface area contributed by atoms with Crippen LogP contribution in [0.25, 0.3) is 0 Å². The van der Waals surface area contributed by atoms with Crippen molar-refractivity contribution in [3.05, 3.63) is 57.3 Å². The van der Waals surface area contributed by atoms with E-state index >= 15 is 0 Å². The van der Waals surface area contributed by atoms with Gasteiger partial charge in [0.2, 0.25) is 0 Å². The summed E-state index contributed by atoms with van der Waals surface area (Å²) in [5.41, 5.74) is 3.85. The first-order valence-electron chi connectivity index (χ1n) is 6.07. The fourth-order valence-corrected chi connectivity index (χ4v) is 3.58. The van der Waals surface area contributed by atoms with E-state index < -0.39 is 0 Å². The molecular weight excluding hydrogens is 228 g/mol. The molecule has 1 aromatic heterocycles. The van der Waals surface area contributed by atoms with E-state index in [4.69, 9.17) is 0 Å². The molecule has 88 valence electrons. The van der Waals surface area contributed by atoms with Gasteiger partial charge in [-0.15, -0.1) is 11.3 Å². The Labute approximate surface area is 106 Å². The number of benzene rings is 1. The topological polar surface area (TPSA) is 20.2 Å². The van der Waals surface area contributed by atoms with Crippen molar-refractivity contribution in [1.29, 1.82) is 0 Å². The van der Waals surface area contributed by atoms with Crippen LogP contribution in [0.1, 0.15) is 40.0 Å². The fourth-order valence-electron chi connectivity index (χ4n) is 2.84. The lowest BCUT2D eigenvalue weighted by Gasteiger charge is -2.19. The van der Waals surface area contributed by atoms with Crippen molar-refractivity contribution in [2.24, 2.45) is 0 Å². The largest absolute Gasteiger partial charge is 0.388 e. The number of aliphatic hydroxyl groups is 1. The van der Waals surface area contributed by atoms with Gasteiger partial charge in [-0.25, -0.2) is 0 Å². The van der Waals surface area contributed by atoms with Crippen LogP contribution < -0.4 is 0 Å². The second kappa shape index (κ2) is 4.28. The molecule has 0 fully saturated rings. The lowest BCUT2D eigenvalue weighted by Crippen LogP contribution is -2.08. The molecule has 0 amide bonds. The first-order valence-corrected chi connectivity index (χ1v) is 6.95. The minimum Gasteiger partial charge on any atom is -0.388 e. The molecule has 1 N–H and O–H groups in total. The molecule has 2 unspecified atom stereocenters. The maximum absolute atomic E-state index is 10.5. The maximum atomic E-state index is 10.5. The molecule has 1 aliphatic carbocycles. The molecule has 1 aromatic carbocycles. The summed E-state index contributed by atoms with van der Waals surface area (Å²) in [7, 11) is 0. The van der Waals surface area contributed by atoms with Crippen LogP contribution in [-0.4, -0.2) is 5.11 Å². The summed E-state index contributed by atoms with van der Waals surface area (Å²) in [6, 6.07) is 10.6. The standard InChI is InChI=1S/C15H16OS/c1-10-12(8-9-17-10)15(16)14-7-6-11-4-2-3-5-13(11)14/h2-5,8-9,14-16H,6-7H2,1H3. The van der Waals surface area contributed by atoms with Gasteiger partial charge >= 0.3 is 0 Å². The van der Waals surface area contributed by atoms with E-state index in [0.717, 1.165) is 18.4 Å². The van der Waals surface area contributed by atoms with Gasteiger partial charge in [0.15, 0.2) is 0 Å². The monoisotopic (exact) mass is 244 g/mol. The highest BCUT2D eigenvalue weighted by Gasteiger charge is 2.30. The Balaban J connectivity index is 1.95. The highest BCUT2D eigenvalue weighted by atomic mass is 32.1. The first kappa shape index (κ1) is 11.0. The Morgan fingerprint density at radius 1 is 1.29 bits per heavy atom. The molecular formula is C15H16OS. The van der Waals surface area contributed by atoms with Gasteiger partial charge in [0.1, 0.15) is 0 Å². The highest BCUT2D eigenvalue weighted by molar-refractivity contribution is 7.10. The summed E-state index contributed by atoms with van der Waals surface area (Å²) in [5.74, 6) is 0.277. The first-order chi connectivity index (χ1) is 8.27. The summed E-state index contributed by atoms with van der Waals surface area (Å²) >= 11 is 1.71. The summed E-state index contributed by atoms with van der Waals surface area (Å²) in [5, 5.41) is 12.6. The Morgan fingerprint density at radius 2 is 2.12 bits per heavy atom. The van der Waals surface area contributed by atoms with Crippen LogP contribution in [-0.2, 0) is 6.42 Å². The summed E-state index contributed by atoms with van der Waals surface area (Å²) in [4.78, 5) is 1.24. The van der Waals surface area contributed by atoms with Crippen molar-refractivity contribution in [1.82, 2.24) is 0 Å². The van der Waals surface area contributed by atoms with Crippen LogP contribution in [0.2, 0.25) is 0 Å². The van der Waals surface area contributed by atoms with Gasteiger partial charge in [-0.2, -0.15) is 0 Å². The number of rotatable bonds is 2. The van der Waals surface area contributed by atoms with Gasteiger partial charge in [0, 0.05) is 10.8 Å². The van der Waals surface area contributed by atoms with Crippen molar-refractivity contribution >= 4 is 11.3 Å². The van der Waals surface area contributed by atoms with Crippen molar-refractivity contribution in [2.45, 2.75) is 31.8 Å². The zero-order valence-electron chi connectivity index (χ0n) is 9.89. The number of aryl methyl sites for hydroxylation is 2. The summed E-state index contributed by atoms with van der Waals surface area (Å²) in [6.07, 6.45) is 1.82. The number of hydrogen-bond donors (Lipinski definition) is 1. The molecule has 0 aliphatic heterocycles. The van der Waals surface area contributed by atoms with Crippen LogP contribution >= 0.6 is 11.3 Å². The normalized spacial score (nSPS) is 20.2. The fraction of sp³-hybridized carbons (Fsp3) is 0.333. The van der Waals surface area contributed by atoms with Crippen LogP contribution in [0.4, 0.5) is 0 Å². The summed E-state index contributed by atoms with van der Waals surface area (Å²) < 4.78 is 0. The van der Waals surface area contributed by atoms with Gasteiger partial charge < -0.3 is 5.11 Å². The average Bonchev–Trinajstić information content (AvgIpc) is 2.94. The van der Waals surface area contributed by atoms with E-state index in [-0.39, 0.29) is 12.0 Å². The molecule has 0 spiro atoms. The van der Waals surface area contributed by atoms with E-state index in [2.05, 4.69) is 42.6 Å². The Bertz CT molecular complexity index is 529. The molecule has 0 saturated carbocycles. The highest BCUT2D eigenvalue weighted by Crippen LogP contribution is 2.42. The number of thiophene rings is 1. The zero-order valence-corrected chi connectivity index (χ0v) is 10.7. The Hall–Kier alpha value is -1.12. The number of fused-ring (bicyclic) bond motifs is 1. The average molecular weight is 244 g/mol. The third-order valence-corrected chi connectivity index (χ3v) is 4.64. The second-order valence-corrected chi connectivity index (χ2v) is 5.84. The van der Waals surface area contributed by atoms with Gasteiger partial charge in [0.25, 0.3) is 0 Å². The number of aliphatic hydroxyl groups excluding tert-OH is 1. The Morgan fingerprint density at radius 3 is 2.88 bits per heavy atom. The molecule has 0 saturated heterocycles. The summed E-state index contributed by atoms with van der Waals surface area (Å²) in [6.45, 7) is 2.09. The van der Waals surface area contributed by atoms with E-state index in [1.807, 2.05) is 0 Å². The van der Waals surface area contributed by atoms with Crippen LogP contribution in [0.3, 0.4) is 0 Å². The van der Waals surface area contributed by atoms with Crippen LogP contribution in [0.15, 0.2) is 35.7 Å². The molecule has 3 rings (SSSR count). The smallest absolute Gasteiger partial charge is 0.0869 e. The minimum atomic E-state index is -0.343. The van der Waals surface area contributed by atoms with Crippen LogP contribution in [0.5, 0.6) is 0 Å². The molecule has 0 bridgehead atoms. The SMILES string of the molecule is Cc1sccc1C(O)C1CCc2ccccc21. The Kier molecular flexibility index (Phi) is 2.77. The predicted molar refractivity (Wildman–Crippen MR) is 71.5 cm³/mol. The van der Waals surface area contributed by atoms with E-state index in [1.165, 1.54) is 16.0 Å². The molecule has 0 radical (unpaired) electrons. The maximum Gasteiger partial charge on any atom is 0.0869 e. The third kappa shape index (κ3) is 1.81. The van der Waals surface area contributed by atoms with Crippen molar-refractivity contribution < 1.29 is 5.11 Å².